The zero-order chi connectivity index (χ0) is 12.4. The molecule has 0 unspecified atom stereocenters. The molecule has 0 spiro atoms. The van der Waals surface area contributed by atoms with E-state index in [-0.39, 0.29) is 0 Å². The van der Waals surface area contributed by atoms with Crippen LogP contribution in [0.1, 0.15) is 5.69 Å². The van der Waals surface area contributed by atoms with Crippen molar-refractivity contribution in [3.05, 3.63) is 33.0 Å². The minimum atomic E-state index is 0.345. The predicted molar refractivity (Wildman–Crippen MR) is 72.9 cm³/mol. The highest BCUT2D eigenvalue weighted by Gasteiger charge is 2.12. The van der Waals surface area contributed by atoms with Gasteiger partial charge in [-0.05, 0) is 37.9 Å². The van der Waals surface area contributed by atoms with Crippen LogP contribution in [0.5, 0.6) is 5.75 Å². The highest BCUT2D eigenvalue weighted by molar-refractivity contribution is 9.11. The molecule has 1 heterocycles. The van der Waals surface area contributed by atoms with Crippen LogP contribution in [0.25, 0.3) is 5.69 Å². The molecule has 17 heavy (non-hydrogen) atoms. The number of methoxy groups -OCH3 is 1. The number of aromatic nitrogens is 3. The van der Waals surface area contributed by atoms with E-state index in [1.165, 1.54) is 0 Å². The molecule has 0 aliphatic rings. The summed E-state index contributed by atoms with van der Waals surface area (Å²) in [5.74, 6) is 1.07. The summed E-state index contributed by atoms with van der Waals surface area (Å²) in [6.45, 7) is 0. The summed E-state index contributed by atoms with van der Waals surface area (Å²) in [4.78, 5) is 0. The van der Waals surface area contributed by atoms with Gasteiger partial charge in [0, 0.05) is 10.5 Å². The van der Waals surface area contributed by atoms with E-state index in [4.69, 9.17) is 16.3 Å². The van der Waals surface area contributed by atoms with Crippen molar-refractivity contribution in [2.75, 3.05) is 7.11 Å². The van der Waals surface area contributed by atoms with E-state index in [2.05, 4.69) is 42.2 Å². The molecule has 1 aromatic carbocycles. The Morgan fingerprint density at radius 2 is 2.12 bits per heavy atom. The standard InChI is InChI=1S/C10H8Br2ClN3O/c1-17-10-3-9(7(11)2-8(10)12)16-6(4-13)5-14-15-16/h2-3,5H,4H2,1H3. The Balaban J connectivity index is 2.59. The molecule has 0 saturated carbocycles. The van der Waals surface area contributed by atoms with Gasteiger partial charge in [0.05, 0.1) is 35.0 Å². The number of benzene rings is 1. The Morgan fingerprint density at radius 3 is 2.76 bits per heavy atom. The van der Waals surface area contributed by atoms with Crippen LogP contribution in [0.4, 0.5) is 0 Å². The maximum Gasteiger partial charge on any atom is 0.135 e. The van der Waals surface area contributed by atoms with E-state index in [1.807, 2.05) is 12.1 Å². The molecule has 0 N–H and O–H groups in total. The molecular weight excluding hydrogens is 373 g/mol. The molecule has 0 atom stereocenters. The number of nitrogens with zero attached hydrogens (tertiary/aromatic N) is 3. The minimum Gasteiger partial charge on any atom is -0.495 e. The van der Waals surface area contributed by atoms with Gasteiger partial charge in [0.2, 0.25) is 0 Å². The van der Waals surface area contributed by atoms with Gasteiger partial charge in [0.15, 0.2) is 0 Å². The Morgan fingerprint density at radius 1 is 1.35 bits per heavy atom. The van der Waals surface area contributed by atoms with Crippen LogP contribution in [0.2, 0.25) is 0 Å². The topological polar surface area (TPSA) is 39.9 Å². The summed E-state index contributed by atoms with van der Waals surface area (Å²) in [5.41, 5.74) is 1.65. The molecule has 90 valence electrons. The van der Waals surface area contributed by atoms with Crippen LogP contribution >= 0.6 is 43.5 Å². The van der Waals surface area contributed by atoms with Crippen LogP contribution in [0, 0.1) is 0 Å². The third kappa shape index (κ3) is 2.48. The van der Waals surface area contributed by atoms with Crippen molar-refractivity contribution in [2.45, 2.75) is 5.88 Å². The van der Waals surface area contributed by atoms with Crippen LogP contribution < -0.4 is 4.74 Å². The molecule has 4 nitrogen and oxygen atoms in total. The van der Waals surface area contributed by atoms with Crippen LogP contribution in [-0.4, -0.2) is 22.1 Å². The molecule has 0 aliphatic carbocycles. The van der Waals surface area contributed by atoms with E-state index in [0.29, 0.717) is 5.88 Å². The van der Waals surface area contributed by atoms with Crippen LogP contribution in [-0.2, 0) is 5.88 Å². The van der Waals surface area contributed by atoms with E-state index in [0.717, 1.165) is 26.1 Å². The van der Waals surface area contributed by atoms with Crippen molar-refractivity contribution < 1.29 is 4.74 Å². The first-order valence-corrected chi connectivity index (χ1v) is 6.78. The van der Waals surface area contributed by atoms with Crippen molar-refractivity contribution >= 4 is 43.5 Å². The molecule has 0 saturated heterocycles. The first-order valence-electron chi connectivity index (χ1n) is 4.66. The third-order valence-electron chi connectivity index (χ3n) is 2.21. The van der Waals surface area contributed by atoms with E-state index >= 15 is 0 Å². The molecule has 7 heteroatoms. The number of hydrogen-bond acceptors (Lipinski definition) is 3. The molecule has 2 aromatic rings. The number of alkyl halides is 1. The quantitative estimate of drug-likeness (QED) is 0.764. The maximum atomic E-state index is 5.82. The van der Waals surface area contributed by atoms with Gasteiger partial charge < -0.3 is 4.74 Å². The lowest BCUT2D eigenvalue weighted by atomic mass is 10.3. The molecule has 0 aliphatic heterocycles. The maximum absolute atomic E-state index is 5.82. The van der Waals surface area contributed by atoms with Crippen molar-refractivity contribution in [1.29, 1.82) is 0 Å². The number of ether oxygens (including phenoxy) is 1. The largest absolute Gasteiger partial charge is 0.495 e. The summed E-state index contributed by atoms with van der Waals surface area (Å²) in [6, 6.07) is 3.76. The lowest BCUT2D eigenvalue weighted by Crippen LogP contribution is -2.02. The van der Waals surface area contributed by atoms with Gasteiger partial charge >= 0.3 is 0 Å². The van der Waals surface area contributed by atoms with Gasteiger partial charge in [-0.2, -0.15) is 0 Å². The van der Waals surface area contributed by atoms with Gasteiger partial charge in [-0.25, -0.2) is 4.68 Å². The second-order valence-corrected chi connectivity index (χ2v) is 5.18. The summed E-state index contributed by atoms with van der Waals surface area (Å²) in [7, 11) is 1.61. The SMILES string of the molecule is COc1cc(-n2nncc2CCl)c(Br)cc1Br. The smallest absolute Gasteiger partial charge is 0.135 e. The van der Waals surface area contributed by atoms with Crippen molar-refractivity contribution in [3.63, 3.8) is 0 Å². The van der Waals surface area contributed by atoms with E-state index in [9.17, 15) is 0 Å². The van der Waals surface area contributed by atoms with Gasteiger partial charge in [-0.1, -0.05) is 5.21 Å². The molecular formula is C10H8Br2ClN3O. The minimum absolute atomic E-state index is 0.345. The lowest BCUT2D eigenvalue weighted by molar-refractivity contribution is 0.411. The van der Waals surface area contributed by atoms with Crippen LogP contribution in [0.15, 0.2) is 27.3 Å². The Kier molecular flexibility index (Phi) is 4.06. The second-order valence-electron chi connectivity index (χ2n) is 3.21. The number of halogens is 3. The Hall–Kier alpha value is -0.590. The normalized spacial score (nSPS) is 10.6. The summed E-state index contributed by atoms with van der Waals surface area (Å²) >= 11 is 12.7. The van der Waals surface area contributed by atoms with E-state index in [1.54, 1.807) is 18.0 Å². The highest BCUT2D eigenvalue weighted by atomic mass is 79.9. The average molecular weight is 381 g/mol. The predicted octanol–water partition coefficient (Wildman–Crippen LogP) is 3.54. The highest BCUT2D eigenvalue weighted by Crippen LogP contribution is 2.33. The lowest BCUT2D eigenvalue weighted by Gasteiger charge is -2.10. The average Bonchev–Trinajstić information content (AvgIpc) is 2.77. The fourth-order valence-electron chi connectivity index (χ4n) is 1.39. The fourth-order valence-corrected chi connectivity index (χ4v) is 2.89. The van der Waals surface area contributed by atoms with Crippen molar-refractivity contribution in [3.8, 4) is 11.4 Å². The zero-order valence-corrected chi connectivity index (χ0v) is 12.8. The van der Waals surface area contributed by atoms with Gasteiger partial charge in [-0.3, -0.25) is 0 Å². The molecule has 1 aromatic heterocycles. The summed E-state index contributed by atoms with van der Waals surface area (Å²) in [5, 5.41) is 7.85. The summed E-state index contributed by atoms with van der Waals surface area (Å²) < 4.78 is 8.66. The number of rotatable bonds is 3. The van der Waals surface area contributed by atoms with Crippen LogP contribution in [0.3, 0.4) is 0 Å². The zero-order valence-electron chi connectivity index (χ0n) is 8.82. The number of hydrogen-bond donors (Lipinski definition) is 0. The molecule has 0 bridgehead atoms. The molecule has 2 rings (SSSR count). The fraction of sp³-hybridized carbons (Fsp3) is 0.200. The first kappa shape index (κ1) is 12.9. The van der Waals surface area contributed by atoms with Crippen molar-refractivity contribution in [1.82, 2.24) is 15.0 Å². The Labute approximate surface area is 120 Å². The summed E-state index contributed by atoms with van der Waals surface area (Å²) in [6.07, 6.45) is 1.63. The molecule has 0 radical (unpaired) electrons. The van der Waals surface area contributed by atoms with Crippen molar-refractivity contribution in [2.24, 2.45) is 0 Å². The second kappa shape index (κ2) is 5.37. The first-order chi connectivity index (χ1) is 8.17. The molecule has 0 fully saturated rings. The molecule has 0 amide bonds. The van der Waals surface area contributed by atoms with E-state index < -0.39 is 0 Å². The monoisotopic (exact) mass is 379 g/mol. The van der Waals surface area contributed by atoms with Gasteiger partial charge in [0.1, 0.15) is 5.75 Å². The Bertz CT molecular complexity index is 544. The third-order valence-corrected chi connectivity index (χ3v) is 3.73. The van der Waals surface area contributed by atoms with Gasteiger partial charge in [0.25, 0.3) is 0 Å². The van der Waals surface area contributed by atoms with Gasteiger partial charge in [-0.15, -0.1) is 16.7 Å².